The monoisotopic (exact) mass is 438 g/mol. The van der Waals surface area contributed by atoms with E-state index in [0.29, 0.717) is 11.1 Å². The Morgan fingerprint density at radius 3 is 2.35 bits per heavy atom. The average Bonchev–Trinajstić information content (AvgIpc) is 2.68. The maximum absolute atomic E-state index is 14.3. The van der Waals surface area contributed by atoms with Crippen molar-refractivity contribution in [1.29, 1.82) is 0 Å². The number of carboxylic acids is 1. The molecule has 8 heteroatoms. The highest BCUT2D eigenvalue weighted by atomic mass is 19.1. The van der Waals surface area contributed by atoms with Crippen LogP contribution in [-0.2, 0) is 9.59 Å². The summed E-state index contributed by atoms with van der Waals surface area (Å²) in [5, 5.41) is 18.5. The number of hydrogen-bond donors (Lipinski definition) is 3. The summed E-state index contributed by atoms with van der Waals surface area (Å²) in [6.45, 7) is 8.38. The van der Waals surface area contributed by atoms with Crippen LogP contribution < -0.4 is 5.73 Å². The van der Waals surface area contributed by atoms with Gasteiger partial charge in [0.15, 0.2) is 0 Å². The van der Waals surface area contributed by atoms with Gasteiger partial charge in [-0.2, -0.15) is 0 Å². The van der Waals surface area contributed by atoms with Crippen LogP contribution in [0.1, 0.15) is 46.6 Å². The number of benzene rings is 1. The number of nitrogens with two attached hydrogens (primary N) is 1. The normalized spacial score (nSPS) is 14.9. The highest BCUT2D eigenvalue weighted by Gasteiger charge is 2.35. The van der Waals surface area contributed by atoms with E-state index in [1.807, 2.05) is 20.8 Å². The van der Waals surface area contributed by atoms with E-state index in [0.717, 1.165) is 18.2 Å². The van der Waals surface area contributed by atoms with Crippen LogP contribution in [0.2, 0.25) is 0 Å². The van der Waals surface area contributed by atoms with E-state index in [2.05, 4.69) is 0 Å². The van der Waals surface area contributed by atoms with Crippen LogP contribution in [0, 0.1) is 17.0 Å². The Labute approximate surface area is 182 Å². The van der Waals surface area contributed by atoms with E-state index in [4.69, 9.17) is 10.8 Å². The molecule has 6 nitrogen and oxygen atoms in total. The van der Waals surface area contributed by atoms with Gasteiger partial charge in [-0.25, -0.2) is 8.78 Å². The lowest BCUT2D eigenvalue weighted by molar-refractivity contribution is -0.141. The molecule has 172 valence electrons. The van der Waals surface area contributed by atoms with E-state index in [1.54, 1.807) is 26.0 Å². The first kappa shape index (κ1) is 26.5. The molecule has 1 aromatic carbocycles. The minimum Gasteiger partial charge on any atom is -0.480 e. The lowest BCUT2D eigenvalue weighted by Gasteiger charge is -2.41. The first-order valence-electron chi connectivity index (χ1n) is 10.0. The molecule has 1 rings (SSSR count). The molecule has 0 fully saturated rings. The highest BCUT2D eigenvalue weighted by Crippen LogP contribution is 2.33. The molecule has 0 unspecified atom stereocenters. The lowest BCUT2D eigenvalue weighted by atomic mass is 9.80. The summed E-state index contributed by atoms with van der Waals surface area (Å²) in [5.41, 5.74) is 6.26. The molecule has 0 aliphatic carbocycles. The van der Waals surface area contributed by atoms with Crippen molar-refractivity contribution in [2.45, 2.75) is 53.1 Å². The summed E-state index contributed by atoms with van der Waals surface area (Å²) in [4.78, 5) is 25.0. The van der Waals surface area contributed by atoms with E-state index in [9.17, 15) is 23.5 Å². The molecule has 0 aliphatic heterocycles. The Balaban J connectivity index is 3.44. The zero-order chi connectivity index (χ0) is 23.9. The van der Waals surface area contributed by atoms with Crippen molar-refractivity contribution in [3.05, 3.63) is 53.1 Å². The maximum atomic E-state index is 14.3. The van der Waals surface area contributed by atoms with Gasteiger partial charge in [0, 0.05) is 12.1 Å². The molecule has 4 N–H and O–H groups in total. The van der Waals surface area contributed by atoms with Crippen LogP contribution in [0.3, 0.4) is 0 Å². The Morgan fingerprint density at radius 1 is 1.26 bits per heavy atom. The standard InChI is InChI=1S/C23H32F2N2O4/c1-6-15(17-12-16(24)7-8-18(17)25)11-14(2)21(23(3,4)5)27(20(29)13-28)10-9-19(26)22(30)31/h6-8,11-12,19,21,28H,9-10,13,26H2,1-5H3,(H,30,31)/b14-11+,15-6+/t19-,21-/m0/s1. The van der Waals surface area contributed by atoms with Crippen LogP contribution in [0.5, 0.6) is 0 Å². The Hall–Kier alpha value is -2.58. The van der Waals surface area contributed by atoms with Gasteiger partial charge in [0.25, 0.3) is 0 Å². The Bertz CT molecular complexity index is 860. The predicted molar refractivity (Wildman–Crippen MR) is 116 cm³/mol. The summed E-state index contributed by atoms with van der Waals surface area (Å²) in [5.74, 6) is -2.92. The second kappa shape index (κ2) is 11.2. The fraction of sp³-hybridized carbons (Fsp3) is 0.478. The van der Waals surface area contributed by atoms with Crippen molar-refractivity contribution in [3.8, 4) is 0 Å². The van der Waals surface area contributed by atoms with Gasteiger partial charge >= 0.3 is 5.97 Å². The third kappa shape index (κ3) is 7.25. The van der Waals surface area contributed by atoms with Crippen LogP contribution in [-0.4, -0.2) is 52.2 Å². The number of carbonyl (C=O) groups excluding carboxylic acids is 1. The molecule has 1 aromatic rings. The van der Waals surface area contributed by atoms with E-state index >= 15 is 0 Å². The van der Waals surface area contributed by atoms with Crippen molar-refractivity contribution in [1.82, 2.24) is 4.90 Å². The number of carboxylic acid groups (broad SMARTS) is 1. The molecule has 0 bridgehead atoms. The Morgan fingerprint density at radius 2 is 1.87 bits per heavy atom. The molecule has 0 aromatic heterocycles. The Kier molecular flexibility index (Phi) is 9.52. The number of amides is 1. The summed E-state index contributed by atoms with van der Waals surface area (Å²) < 4.78 is 28.0. The topological polar surface area (TPSA) is 104 Å². The summed E-state index contributed by atoms with van der Waals surface area (Å²) >= 11 is 0. The third-order valence-electron chi connectivity index (χ3n) is 4.95. The third-order valence-corrected chi connectivity index (χ3v) is 4.95. The number of aliphatic hydroxyl groups excluding tert-OH is 1. The molecule has 0 saturated carbocycles. The second-order valence-corrected chi connectivity index (χ2v) is 8.50. The van der Waals surface area contributed by atoms with E-state index in [1.165, 1.54) is 4.90 Å². The van der Waals surface area contributed by atoms with Crippen molar-refractivity contribution in [3.63, 3.8) is 0 Å². The van der Waals surface area contributed by atoms with Crippen LogP contribution in [0.15, 0.2) is 35.9 Å². The fourth-order valence-corrected chi connectivity index (χ4v) is 3.65. The maximum Gasteiger partial charge on any atom is 0.320 e. The van der Waals surface area contributed by atoms with Gasteiger partial charge in [-0.15, -0.1) is 0 Å². The SMILES string of the molecule is C/C=C(\C=C(/C)[C@H](N(CC[C@H](N)C(=O)O)C(=O)CO)C(C)(C)C)c1cc(F)ccc1F. The first-order valence-corrected chi connectivity index (χ1v) is 10.0. The number of allylic oxidation sites excluding steroid dienone is 3. The summed E-state index contributed by atoms with van der Waals surface area (Å²) in [6.07, 6.45) is 3.30. The molecule has 0 spiro atoms. The number of nitrogens with zero attached hydrogens (tertiary/aromatic N) is 1. The number of halogens is 2. The number of carbonyl (C=O) groups is 2. The molecule has 31 heavy (non-hydrogen) atoms. The molecule has 0 radical (unpaired) electrons. The van der Waals surface area contributed by atoms with Gasteiger partial charge in [0.05, 0.1) is 6.04 Å². The van der Waals surface area contributed by atoms with Gasteiger partial charge < -0.3 is 20.8 Å². The van der Waals surface area contributed by atoms with E-state index in [-0.39, 0.29) is 18.5 Å². The van der Waals surface area contributed by atoms with Crippen LogP contribution in [0.4, 0.5) is 8.78 Å². The molecular weight excluding hydrogens is 406 g/mol. The molecule has 0 heterocycles. The fourth-order valence-electron chi connectivity index (χ4n) is 3.65. The molecule has 0 aliphatic rings. The number of hydrogen-bond acceptors (Lipinski definition) is 4. The van der Waals surface area contributed by atoms with Crippen molar-refractivity contribution in [2.24, 2.45) is 11.1 Å². The summed E-state index contributed by atoms with van der Waals surface area (Å²) in [6, 6.07) is 1.47. The molecule has 1 amide bonds. The summed E-state index contributed by atoms with van der Waals surface area (Å²) in [7, 11) is 0. The van der Waals surface area contributed by atoms with Gasteiger partial charge in [-0.3, -0.25) is 9.59 Å². The largest absolute Gasteiger partial charge is 0.480 e. The van der Waals surface area contributed by atoms with Crippen LogP contribution >= 0.6 is 0 Å². The van der Waals surface area contributed by atoms with Gasteiger partial charge in [-0.1, -0.05) is 32.9 Å². The lowest BCUT2D eigenvalue weighted by Crippen LogP contribution is -2.51. The average molecular weight is 439 g/mol. The van der Waals surface area contributed by atoms with Gasteiger partial charge in [0.1, 0.15) is 24.3 Å². The van der Waals surface area contributed by atoms with E-state index < -0.39 is 47.6 Å². The van der Waals surface area contributed by atoms with Crippen molar-refractivity contribution < 1.29 is 28.6 Å². The predicted octanol–water partition coefficient (Wildman–Crippen LogP) is 3.35. The quantitative estimate of drug-likeness (QED) is 0.513. The smallest absolute Gasteiger partial charge is 0.320 e. The number of rotatable bonds is 9. The number of aliphatic hydroxyl groups is 1. The van der Waals surface area contributed by atoms with Gasteiger partial charge in [-0.05, 0) is 55.0 Å². The minimum atomic E-state index is -1.19. The van der Waals surface area contributed by atoms with Gasteiger partial charge in [0.2, 0.25) is 5.91 Å². The van der Waals surface area contributed by atoms with Crippen molar-refractivity contribution in [2.75, 3.05) is 13.2 Å². The van der Waals surface area contributed by atoms with Crippen molar-refractivity contribution >= 4 is 17.4 Å². The highest BCUT2D eigenvalue weighted by molar-refractivity contribution is 5.79. The molecular formula is C23H32F2N2O4. The van der Waals surface area contributed by atoms with Crippen LogP contribution in [0.25, 0.3) is 5.57 Å². The first-order chi connectivity index (χ1) is 14.3. The molecule has 0 saturated heterocycles. The minimum absolute atomic E-state index is 0.00404. The molecule has 2 atom stereocenters. The second-order valence-electron chi connectivity index (χ2n) is 8.50. The zero-order valence-corrected chi connectivity index (χ0v) is 18.7. The zero-order valence-electron chi connectivity index (χ0n) is 18.7. The number of aliphatic carboxylic acids is 1.